The molecule has 1 aromatic heterocycles. The highest BCUT2D eigenvalue weighted by atomic mass is 79.9. The molecule has 0 aliphatic carbocycles. The quantitative estimate of drug-likeness (QED) is 0.780. The van der Waals surface area contributed by atoms with Crippen LogP contribution in [0.4, 0.5) is 5.69 Å². The van der Waals surface area contributed by atoms with Crippen LogP contribution in [0.2, 0.25) is 0 Å². The maximum Gasteiger partial charge on any atom is 0.239 e. The smallest absolute Gasteiger partial charge is 0.239 e. The lowest BCUT2D eigenvalue weighted by atomic mass is 9.91. The minimum Gasteiger partial charge on any atom is -0.467 e. The molecule has 6 heteroatoms. The van der Waals surface area contributed by atoms with Crippen molar-refractivity contribution >= 4 is 33.4 Å². The van der Waals surface area contributed by atoms with Gasteiger partial charge in [0.05, 0.1) is 12.8 Å². The molecule has 5 nitrogen and oxygen atoms in total. The van der Waals surface area contributed by atoms with Gasteiger partial charge in [0.25, 0.3) is 0 Å². The van der Waals surface area contributed by atoms with Gasteiger partial charge in [-0.15, -0.1) is 0 Å². The predicted octanol–water partition coefficient (Wildman–Crippen LogP) is 3.63. The summed E-state index contributed by atoms with van der Waals surface area (Å²) in [6, 6.07) is 9.01. The van der Waals surface area contributed by atoms with Crippen LogP contribution in [-0.2, 0) is 16.1 Å². The number of carbonyl (C=O) groups is 2. The van der Waals surface area contributed by atoms with Gasteiger partial charge in [-0.2, -0.15) is 0 Å². The molecule has 0 spiro atoms. The SMILES string of the molecule is Cc1ccc(NC(=O)C(C)(C)C(=O)NCc2ccco2)cc1Br. The van der Waals surface area contributed by atoms with E-state index in [1.165, 1.54) is 6.26 Å². The van der Waals surface area contributed by atoms with Crippen molar-refractivity contribution in [3.05, 3.63) is 52.4 Å². The summed E-state index contributed by atoms with van der Waals surface area (Å²) < 4.78 is 6.06. The van der Waals surface area contributed by atoms with E-state index in [-0.39, 0.29) is 18.4 Å². The number of hydrogen-bond donors (Lipinski definition) is 2. The van der Waals surface area contributed by atoms with Crippen LogP contribution >= 0.6 is 15.9 Å². The summed E-state index contributed by atoms with van der Waals surface area (Å²) in [4.78, 5) is 24.7. The normalized spacial score (nSPS) is 11.1. The summed E-state index contributed by atoms with van der Waals surface area (Å²) in [5.74, 6) is -0.0974. The van der Waals surface area contributed by atoms with Crippen molar-refractivity contribution in [3.63, 3.8) is 0 Å². The number of furan rings is 1. The molecule has 0 saturated heterocycles. The van der Waals surface area contributed by atoms with Gasteiger partial charge < -0.3 is 15.1 Å². The van der Waals surface area contributed by atoms with Crippen molar-refractivity contribution < 1.29 is 14.0 Å². The minimum atomic E-state index is -1.20. The van der Waals surface area contributed by atoms with Gasteiger partial charge >= 0.3 is 0 Å². The molecule has 122 valence electrons. The van der Waals surface area contributed by atoms with Gasteiger partial charge in [0, 0.05) is 10.2 Å². The Morgan fingerprint density at radius 2 is 1.96 bits per heavy atom. The molecule has 2 rings (SSSR count). The first-order valence-corrected chi connectivity index (χ1v) is 7.98. The first-order chi connectivity index (χ1) is 10.8. The third-order valence-corrected chi connectivity index (χ3v) is 4.42. The van der Waals surface area contributed by atoms with Crippen LogP contribution in [0.25, 0.3) is 0 Å². The average Bonchev–Trinajstić information content (AvgIpc) is 3.01. The molecule has 0 saturated carbocycles. The van der Waals surface area contributed by atoms with Gasteiger partial charge in [-0.25, -0.2) is 0 Å². The van der Waals surface area contributed by atoms with E-state index in [0.717, 1.165) is 10.0 Å². The number of hydrogen-bond acceptors (Lipinski definition) is 3. The minimum absolute atomic E-state index is 0.249. The van der Waals surface area contributed by atoms with E-state index in [2.05, 4.69) is 26.6 Å². The summed E-state index contributed by atoms with van der Waals surface area (Å²) in [5.41, 5.74) is 0.502. The molecule has 2 N–H and O–H groups in total. The summed E-state index contributed by atoms with van der Waals surface area (Å²) in [6.07, 6.45) is 1.54. The Kier molecular flexibility index (Phi) is 5.26. The van der Waals surface area contributed by atoms with E-state index in [1.54, 1.807) is 32.0 Å². The zero-order chi connectivity index (χ0) is 17.0. The van der Waals surface area contributed by atoms with Gasteiger partial charge in [-0.3, -0.25) is 9.59 Å². The molecular formula is C17H19BrN2O3. The van der Waals surface area contributed by atoms with Crippen molar-refractivity contribution in [3.8, 4) is 0 Å². The predicted molar refractivity (Wildman–Crippen MR) is 91.8 cm³/mol. The average molecular weight is 379 g/mol. The van der Waals surface area contributed by atoms with Gasteiger partial charge in [-0.1, -0.05) is 22.0 Å². The topological polar surface area (TPSA) is 71.3 Å². The van der Waals surface area contributed by atoms with Crippen molar-refractivity contribution in [2.75, 3.05) is 5.32 Å². The van der Waals surface area contributed by atoms with Gasteiger partial charge in [0.2, 0.25) is 11.8 Å². The summed E-state index contributed by atoms with van der Waals surface area (Å²) in [5, 5.41) is 5.48. The molecule has 0 atom stereocenters. The fourth-order valence-electron chi connectivity index (χ4n) is 1.86. The third-order valence-electron chi connectivity index (χ3n) is 3.57. The molecule has 0 radical (unpaired) electrons. The van der Waals surface area contributed by atoms with Crippen LogP contribution in [0.1, 0.15) is 25.2 Å². The second-order valence-corrected chi connectivity index (χ2v) is 6.66. The Labute approximate surface area is 143 Å². The van der Waals surface area contributed by atoms with Crippen LogP contribution in [0.15, 0.2) is 45.5 Å². The molecule has 0 aliphatic rings. The molecule has 0 fully saturated rings. The van der Waals surface area contributed by atoms with Crippen LogP contribution < -0.4 is 10.6 Å². The number of benzene rings is 1. The monoisotopic (exact) mass is 378 g/mol. The zero-order valence-corrected chi connectivity index (χ0v) is 14.9. The van der Waals surface area contributed by atoms with E-state index in [4.69, 9.17) is 4.42 Å². The van der Waals surface area contributed by atoms with Crippen molar-refractivity contribution in [1.82, 2.24) is 5.32 Å². The molecule has 0 unspecified atom stereocenters. The van der Waals surface area contributed by atoms with E-state index in [1.807, 2.05) is 19.1 Å². The number of carbonyl (C=O) groups excluding carboxylic acids is 2. The summed E-state index contributed by atoms with van der Waals surface area (Å²) in [7, 11) is 0. The van der Waals surface area contributed by atoms with Crippen LogP contribution in [-0.4, -0.2) is 11.8 Å². The number of halogens is 1. The lowest BCUT2D eigenvalue weighted by Crippen LogP contribution is -2.44. The number of amides is 2. The molecule has 2 aromatic rings. The van der Waals surface area contributed by atoms with Crippen LogP contribution in [0.5, 0.6) is 0 Å². The standard InChI is InChI=1S/C17H19BrN2O3/c1-11-6-7-12(9-14(11)18)20-16(22)17(2,3)15(21)19-10-13-5-4-8-23-13/h4-9H,10H2,1-3H3,(H,19,21)(H,20,22). The van der Waals surface area contributed by atoms with Gasteiger partial charge in [-0.05, 0) is 50.6 Å². The Morgan fingerprint density at radius 1 is 1.22 bits per heavy atom. The maximum atomic E-state index is 12.4. The number of anilines is 1. The number of nitrogens with one attached hydrogen (secondary N) is 2. The first-order valence-electron chi connectivity index (χ1n) is 7.19. The first kappa shape index (κ1) is 17.3. The number of rotatable bonds is 5. The lowest BCUT2D eigenvalue weighted by molar-refractivity contribution is -0.138. The van der Waals surface area contributed by atoms with Crippen molar-refractivity contribution in [2.45, 2.75) is 27.3 Å². The highest BCUT2D eigenvalue weighted by molar-refractivity contribution is 9.10. The molecule has 2 amide bonds. The zero-order valence-electron chi connectivity index (χ0n) is 13.3. The fraction of sp³-hybridized carbons (Fsp3) is 0.294. The number of aryl methyl sites for hydroxylation is 1. The van der Waals surface area contributed by atoms with Gasteiger partial charge in [0.15, 0.2) is 0 Å². The maximum absolute atomic E-state index is 12.4. The second kappa shape index (κ2) is 7.00. The van der Waals surface area contributed by atoms with E-state index in [9.17, 15) is 9.59 Å². The van der Waals surface area contributed by atoms with E-state index < -0.39 is 5.41 Å². The Morgan fingerprint density at radius 3 is 2.57 bits per heavy atom. The lowest BCUT2D eigenvalue weighted by Gasteiger charge is -2.22. The van der Waals surface area contributed by atoms with Crippen molar-refractivity contribution in [1.29, 1.82) is 0 Å². The molecule has 23 heavy (non-hydrogen) atoms. The third kappa shape index (κ3) is 4.22. The Bertz CT molecular complexity index is 709. The molecule has 0 bridgehead atoms. The fourth-order valence-corrected chi connectivity index (χ4v) is 2.24. The highest BCUT2D eigenvalue weighted by Crippen LogP contribution is 2.23. The molecular weight excluding hydrogens is 360 g/mol. The van der Waals surface area contributed by atoms with Crippen LogP contribution in [0.3, 0.4) is 0 Å². The largest absolute Gasteiger partial charge is 0.467 e. The van der Waals surface area contributed by atoms with Crippen molar-refractivity contribution in [2.24, 2.45) is 5.41 Å². The molecule has 1 aromatic carbocycles. The van der Waals surface area contributed by atoms with Crippen LogP contribution in [0, 0.1) is 12.3 Å². The Balaban J connectivity index is 2.00. The summed E-state index contributed by atoms with van der Waals surface area (Å²) >= 11 is 3.42. The highest BCUT2D eigenvalue weighted by Gasteiger charge is 2.36. The van der Waals surface area contributed by atoms with Gasteiger partial charge in [0.1, 0.15) is 11.2 Å². The van der Waals surface area contributed by atoms with E-state index in [0.29, 0.717) is 11.4 Å². The van der Waals surface area contributed by atoms with E-state index >= 15 is 0 Å². The summed E-state index contributed by atoms with van der Waals surface area (Å²) in [6.45, 7) is 5.38. The Hall–Kier alpha value is -2.08. The molecule has 1 heterocycles. The molecule has 0 aliphatic heterocycles. The second-order valence-electron chi connectivity index (χ2n) is 5.81.